The quantitative estimate of drug-likeness (QED) is 0.311. The Balaban J connectivity index is 1.62. The summed E-state index contributed by atoms with van der Waals surface area (Å²) in [7, 11) is 0. The zero-order chi connectivity index (χ0) is 23.4. The van der Waals surface area contributed by atoms with Gasteiger partial charge >= 0.3 is 0 Å². The van der Waals surface area contributed by atoms with Crippen molar-refractivity contribution in [3.8, 4) is 5.69 Å². The number of ether oxygens (including phenoxy) is 1. The minimum absolute atomic E-state index is 0.0476. The van der Waals surface area contributed by atoms with Gasteiger partial charge in [0, 0.05) is 17.1 Å². The van der Waals surface area contributed by atoms with Crippen LogP contribution >= 0.6 is 23.1 Å². The molecule has 6 nitrogen and oxygen atoms in total. The largest absolute Gasteiger partial charge is 0.370 e. The summed E-state index contributed by atoms with van der Waals surface area (Å²) in [5, 5.41) is 10.6. The van der Waals surface area contributed by atoms with E-state index in [-0.39, 0.29) is 11.2 Å². The van der Waals surface area contributed by atoms with Crippen LogP contribution in [0.2, 0.25) is 0 Å². The normalized spacial score (nSPS) is 15.1. The van der Waals surface area contributed by atoms with Gasteiger partial charge in [0.05, 0.1) is 23.3 Å². The van der Waals surface area contributed by atoms with Crippen LogP contribution in [0, 0.1) is 6.92 Å². The molecule has 6 rings (SSSR count). The van der Waals surface area contributed by atoms with Crippen molar-refractivity contribution in [2.24, 2.45) is 0 Å². The van der Waals surface area contributed by atoms with E-state index < -0.39 is 0 Å². The fourth-order valence-electron chi connectivity index (χ4n) is 4.45. The van der Waals surface area contributed by atoms with Gasteiger partial charge in [-0.2, -0.15) is 0 Å². The molecule has 1 aliphatic rings. The second-order valence-electron chi connectivity index (χ2n) is 9.28. The van der Waals surface area contributed by atoms with E-state index in [0.29, 0.717) is 18.8 Å². The SMILES string of the molecule is Cc1ccc(-n2c(=O)c3c4c(sc3n3c(SCc5ccccc5)nnc23)COC(C)(C)C4)cc1. The molecule has 0 bridgehead atoms. The van der Waals surface area contributed by atoms with Crippen molar-refractivity contribution in [1.29, 1.82) is 0 Å². The molecular formula is C26H24N4O2S2. The van der Waals surface area contributed by atoms with Gasteiger partial charge in [0.15, 0.2) is 5.16 Å². The molecule has 0 atom stereocenters. The zero-order valence-corrected chi connectivity index (χ0v) is 20.9. The fourth-order valence-corrected chi connectivity index (χ4v) is 6.61. The van der Waals surface area contributed by atoms with Crippen LogP contribution in [-0.2, 0) is 23.5 Å². The van der Waals surface area contributed by atoms with Gasteiger partial charge in [-0.15, -0.1) is 21.5 Å². The molecule has 0 aliphatic carbocycles. The standard InChI is InChI=1S/C26H24N4O2S2/c1-16-9-11-18(12-10-16)29-22(31)21-19-13-26(2,3)32-14-20(19)34-23(21)30-24(29)27-28-25(30)33-15-17-7-5-4-6-8-17/h4-12H,13-15H2,1-3H3. The van der Waals surface area contributed by atoms with Gasteiger partial charge in [-0.1, -0.05) is 59.8 Å². The molecule has 8 heteroatoms. The molecule has 3 aromatic heterocycles. The Kier molecular flexibility index (Phi) is 5.13. The first-order valence-corrected chi connectivity index (χ1v) is 13.0. The summed E-state index contributed by atoms with van der Waals surface area (Å²) in [6, 6.07) is 18.3. The molecule has 172 valence electrons. The third-order valence-corrected chi connectivity index (χ3v) is 8.40. The van der Waals surface area contributed by atoms with Gasteiger partial charge in [-0.25, -0.2) is 8.97 Å². The third-order valence-electron chi connectivity index (χ3n) is 6.21. The Bertz CT molecular complexity index is 1580. The third kappa shape index (κ3) is 3.57. The lowest BCUT2D eigenvalue weighted by Gasteiger charge is -2.29. The predicted octanol–water partition coefficient (Wildman–Crippen LogP) is 5.55. The van der Waals surface area contributed by atoms with Gasteiger partial charge in [0.25, 0.3) is 5.56 Å². The maximum atomic E-state index is 14.0. The lowest BCUT2D eigenvalue weighted by atomic mass is 9.94. The highest BCUT2D eigenvalue weighted by Crippen LogP contribution is 2.39. The summed E-state index contributed by atoms with van der Waals surface area (Å²) in [6.45, 7) is 6.71. The van der Waals surface area contributed by atoms with Crippen molar-refractivity contribution in [2.75, 3.05) is 0 Å². The van der Waals surface area contributed by atoms with Gasteiger partial charge in [-0.05, 0) is 44.0 Å². The van der Waals surface area contributed by atoms with E-state index >= 15 is 0 Å². The molecule has 4 heterocycles. The molecule has 2 aromatic carbocycles. The average molecular weight is 489 g/mol. The molecule has 0 unspecified atom stereocenters. The first kappa shape index (κ1) is 21.6. The monoisotopic (exact) mass is 488 g/mol. The van der Waals surface area contributed by atoms with E-state index in [1.54, 1.807) is 27.7 Å². The van der Waals surface area contributed by atoms with Crippen molar-refractivity contribution in [3.63, 3.8) is 0 Å². The Morgan fingerprint density at radius 1 is 1.09 bits per heavy atom. The minimum Gasteiger partial charge on any atom is -0.370 e. The van der Waals surface area contributed by atoms with Gasteiger partial charge < -0.3 is 4.74 Å². The number of rotatable bonds is 4. The van der Waals surface area contributed by atoms with E-state index in [1.807, 2.05) is 49.4 Å². The van der Waals surface area contributed by atoms with Crippen molar-refractivity contribution in [3.05, 3.63) is 86.5 Å². The van der Waals surface area contributed by atoms with Crippen LogP contribution < -0.4 is 5.56 Å². The van der Waals surface area contributed by atoms with Crippen LogP contribution in [0.1, 0.15) is 35.4 Å². The van der Waals surface area contributed by atoms with Crippen LogP contribution in [0.25, 0.3) is 21.7 Å². The predicted molar refractivity (Wildman–Crippen MR) is 137 cm³/mol. The Morgan fingerprint density at radius 2 is 1.85 bits per heavy atom. The average Bonchev–Trinajstić information content (AvgIpc) is 3.40. The molecule has 0 amide bonds. The van der Waals surface area contributed by atoms with Crippen LogP contribution in [0.15, 0.2) is 64.5 Å². The number of hydrogen-bond acceptors (Lipinski definition) is 6. The van der Waals surface area contributed by atoms with Crippen molar-refractivity contribution >= 4 is 39.1 Å². The second kappa shape index (κ2) is 8.08. The van der Waals surface area contributed by atoms with Gasteiger partial charge in [0.2, 0.25) is 5.78 Å². The molecule has 0 saturated carbocycles. The number of benzene rings is 2. The fraction of sp³-hybridized carbons (Fsp3) is 0.269. The van der Waals surface area contributed by atoms with Crippen LogP contribution in [-0.4, -0.2) is 24.8 Å². The Morgan fingerprint density at radius 3 is 2.62 bits per heavy atom. The molecule has 0 N–H and O–H groups in total. The molecule has 34 heavy (non-hydrogen) atoms. The number of fused-ring (bicyclic) bond motifs is 5. The summed E-state index contributed by atoms with van der Waals surface area (Å²) >= 11 is 3.25. The van der Waals surface area contributed by atoms with E-state index in [0.717, 1.165) is 42.8 Å². The van der Waals surface area contributed by atoms with E-state index in [1.165, 1.54) is 5.56 Å². The smallest absolute Gasteiger partial charge is 0.268 e. The Hall–Kier alpha value is -2.94. The first-order chi connectivity index (χ1) is 16.4. The Labute approximate surface area is 205 Å². The highest BCUT2D eigenvalue weighted by Gasteiger charge is 2.32. The molecule has 1 aliphatic heterocycles. The first-order valence-electron chi connectivity index (χ1n) is 11.2. The summed E-state index contributed by atoms with van der Waals surface area (Å²) in [5.74, 6) is 1.31. The van der Waals surface area contributed by atoms with Crippen LogP contribution in [0.4, 0.5) is 0 Å². The highest BCUT2D eigenvalue weighted by atomic mass is 32.2. The van der Waals surface area contributed by atoms with Crippen molar-refractivity contribution in [2.45, 2.75) is 50.3 Å². The van der Waals surface area contributed by atoms with Gasteiger partial charge in [-0.3, -0.25) is 4.79 Å². The summed E-state index contributed by atoms with van der Waals surface area (Å²) in [4.78, 5) is 16.0. The lowest BCUT2D eigenvalue weighted by molar-refractivity contribution is -0.0379. The summed E-state index contributed by atoms with van der Waals surface area (Å²) in [5.41, 5.74) is 3.88. The highest BCUT2D eigenvalue weighted by molar-refractivity contribution is 7.98. The van der Waals surface area contributed by atoms with Crippen LogP contribution in [0.3, 0.4) is 0 Å². The number of thioether (sulfide) groups is 1. The van der Waals surface area contributed by atoms with Crippen molar-refractivity contribution in [1.82, 2.24) is 19.2 Å². The molecule has 0 spiro atoms. The number of nitrogens with zero attached hydrogens (tertiary/aromatic N) is 4. The van der Waals surface area contributed by atoms with Gasteiger partial charge in [0.1, 0.15) is 4.83 Å². The number of aryl methyl sites for hydroxylation is 1. The number of hydrogen-bond donors (Lipinski definition) is 0. The topological polar surface area (TPSA) is 61.4 Å². The lowest BCUT2D eigenvalue weighted by Crippen LogP contribution is -2.32. The molecule has 0 saturated heterocycles. The summed E-state index contributed by atoms with van der Waals surface area (Å²) in [6.07, 6.45) is 0.700. The van der Waals surface area contributed by atoms with E-state index in [2.05, 4.69) is 40.6 Å². The maximum absolute atomic E-state index is 14.0. The molecule has 0 fully saturated rings. The molecule has 5 aromatic rings. The number of aromatic nitrogens is 4. The van der Waals surface area contributed by atoms with E-state index in [4.69, 9.17) is 4.74 Å². The summed E-state index contributed by atoms with van der Waals surface area (Å²) < 4.78 is 9.84. The number of thiophene rings is 1. The van der Waals surface area contributed by atoms with Crippen molar-refractivity contribution < 1.29 is 4.74 Å². The molecular weight excluding hydrogens is 464 g/mol. The van der Waals surface area contributed by atoms with E-state index in [9.17, 15) is 4.79 Å². The molecule has 0 radical (unpaired) electrons. The zero-order valence-electron chi connectivity index (χ0n) is 19.2. The second-order valence-corrected chi connectivity index (χ2v) is 11.3. The maximum Gasteiger partial charge on any atom is 0.268 e. The van der Waals surface area contributed by atoms with Crippen LogP contribution in [0.5, 0.6) is 0 Å². The minimum atomic E-state index is -0.310.